The topological polar surface area (TPSA) is 106 Å². The number of amides is 2. The maximum Gasteiger partial charge on any atom is 0.417 e. The van der Waals surface area contributed by atoms with Crippen molar-refractivity contribution in [3.8, 4) is 5.75 Å². The molecule has 1 saturated heterocycles. The summed E-state index contributed by atoms with van der Waals surface area (Å²) in [5.41, 5.74) is -0.402. The van der Waals surface area contributed by atoms with Gasteiger partial charge in [0.15, 0.2) is 11.8 Å². The second-order valence-corrected chi connectivity index (χ2v) is 9.60. The maximum absolute atomic E-state index is 14.0. The summed E-state index contributed by atoms with van der Waals surface area (Å²) in [6.07, 6.45) is -5.01. The Morgan fingerprint density at radius 3 is 2.61 bits per heavy atom. The quantitative estimate of drug-likeness (QED) is 0.437. The molecule has 2 aromatic rings. The molecular weight excluding hydrogens is 529 g/mol. The second-order valence-electron chi connectivity index (χ2n) is 8.48. The standard InChI is InChI=1S/C25H23F3N2O7S/c1-14(22(31)29-8-9-30(24(34)35-2)19(13-29)23(32)33)15-3-6-21(18(12-15)25(26,27)28)38-17-4-5-20-16(11-17)7-10-36-37-20/h3-6,11-12,19H,1,7-10,13H2,2H3,(H,32,33). The number of hydrogen-bond donors (Lipinski definition) is 1. The van der Waals surface area contributed by atoms with Gasteiger partial charge in [-0.05, 0) is 35.9 Å². The molecule has 1 atom stereocenters. The number of fused-ring (bicyclic) bond motifs is 1. The Hall–Kier alpha value is -3.71. The fourth-order valence-electron chi connectivity index (χ4n) is 4.14. The van der Waals surface area contributed by atoms with Crippen LogP contribution in [-0.4, -0.2) is 72.3 Å². The minimum atomic E-state index is -4.71. The van der Waals surface area contributed by atoms with E-state index in [9.17, 15) is 32.7 Å². The molecule has 9 nitrogen and oxygen atoms in total. The van der Waals surface area contributed by atoms with Crippen LogP contribution in [0.5, 0.6) is 5.75 Å². The normalized spacial score (nSPS) is 17.3. The zero-order valence-corrected chi connectivity index (χ0v) is 20.9. The Morgan fingerprint density at radius 2 is 1.92 bits per heavy atom. The molecule has 2 aromatic carbocycles. The number of aliphatic carboxylic acids is 1. The minimum Gasteiger partial charge on any atom is -0.480 e. The van der Waals surface area contributed by atoms with Gasteiger partial charge in [-0.25, -0.2) is 9.59 Å². The van der Waals surface area contributed by atoms with Gasteiger partial charge in [-0.3, -0.25) is 9.69 Å². The lowest BCUT2D eigenvalue weighted by molar-refractivity contribution is -0.215. The summed E-state index contributed by atoms with van der Waals surface area (Å²) in [6.45, 7) is 3.50. The van der Waals surface area contributed by atoms with Gasteiger partial charge in [-0.15, -0.1) is 0 Å². The van der Waals surface area contributed by atoms with E-state index < -0.39 is 35.8 Å². The van der Waals surface area contributed by atoms with Gasteiger partial charge < -0.3 is 19.6 Å². The van der Waals surface area contributed by atoms with Gasteiger partial charge in [0.2, 0.25) is 0 Å². The number of carboxylic acids is 1. The molecule has 38 heavy (non-hydrogen) atoms. The SMILES string of the molecule is C=C(C(=O)N1CCN(C(=O)OC)C(C(=O)O)C1)c1ccc(Sc2ccc3c(c2)CCOO3)c(C(F)(F)F)c1. The van der Waals surface area contributed by atoms with E-state index in [2.05, 4.69) is 11.3 Å². The number of rotatable bonds is 5. The van der Waals surface area contributed by atoms with Crippen molar-refractivity contribution in [3.05, 3.63) is 59.7 Å². The van der Waals surface area contributed by atoms with E-state index in [0.717, 1.165) is 40.3 Å². The van der Waals surface area contributed by atoms with Crippen molar-refractivity contribution in [2.45, 2.75) is 28.4 Å². The first-order valence-electron chi connectivity index (χ1n) is 11.4. The summed E-state index contributed by atoms with van der Waals surface area (Å²) in [5.74, 6) is -1.56. The fourth-order valence-corrected chi connectivity index (χ4v) is 5.15. The van der Waals surface area contributed by atoms with Crippen LogP contribution >= 0.6 is 11.8 Å². The zero-order valence-electron chi connectivity index (χ0n) is 20.1. The highest BCUT2D eigenvalue weighted by Crippen LogP contribution is 2.42. The van der Waals surface area contributed by atoms with E-state index in [1.165, 1.54) is 12.1 Å². The van der Waals surface area contributed by atoms with Gasteiger partial charge in [-0.1, -0.05) is 24.4 Å². The highest BCUT2D eigenvalue weighted by Gasteiger charge is 2.39. The van der Waals surface area contributed by atoms with Gasteiger partial charge in [0.25, 0.3) is 5.91 Å². The summed E-state index contributed by atoms with van der Waals surface area (Å²) < 4.78 is 46.7. The molecule has 4 rings (SSSR count). The summed E-state index contributed by atoms with van der Waals surface area (Å²) in [6, 6.07) is 7.13. The molecule has 202 valence electrons. The number of carbonyl (C=O) groups is 3. The molecule has 2 heterocycles. The first-order valence-corrected chi connectivity index (χ1v) is 12.2. The molecule has 0 radical (unpaired) electrons. The highest BCUT2D eigenvalue weighted by molar-refractivity contribution is 7.99. The van der Waals surface area contributed by atoms with E-state index in [-0.39, 0.29) is 35.7 Å². The number of hydrogen-bond acceptors (Lipinski definition) is 7. The van der Waals surface area contributed by atoms with E-state index >= 15 is 0 Å². The van der Waals surface area contributed by atoms with Gasteiger partial charge in [-0.2, -0.15) is 18.1 Å². The number of benzene rings is 2. The molecule has 13 heteroatoms. The summed E-state index contributed by atoms with van der Waals surface area (Å²) in [5, 5.41) is 9.50. The van der Waals surface area contributed by atoms with Crippen LogP contribution in [0.2, 0.25) is 0 Å². The van der Waals surface area contributed by atoms with Crippen molar-refractivity contribution >= 4 is 35.3 Å². The number of alkyl halides is 3. The van der Waals surface area contributed by atoms with Gasteiger partial charge in [0.1, 0.15) is 0 Å². The van der Waals surface area contributed by atoms with E-state index in [4.69, 9.17) is 9.78 Å². The highest BCUT2D eigenvalue weighted by atomic mass is 32.2. The third-order valence-electron chi connectivity index (χ3n) is 6.12. The predicted molar refractivity (Wildman–Crippen MR) is 128 cm³/mol. The average Bonchev–Trinajstić information content (AvgIpc) is 2.91. The van der Waals surface area contributed by atoms with Gasteiger partial charge in [0, 0.05) is 40.4 Å². The second kappa shape index (κ2) is 11.0. The van der Waals surface area contributed by atoms with Crippen LogP contribution in [0.1, 0.15) is 16.7 Å². The predicted octanol–water partition coefficient (Wildman–Crippen LogP) is 4.10. The van der Waals surface area contributed by atoms with Crippen LogP contribution in [0, 0.1) is 0 Å². The summed E-state index contributed by atoms with van der Waals surface area (Å²) in [7, 11) is 1.11. The van der Waals surface area contributed by atoms with Crippen molar-refractivity contribution in [2.75, 3.05) is 33.4 Å². The number of halogens is 3. The molecule has 2 aliphatic heterocycles. The van der Waals surface area contributed by atoms with Crippen molar-refractivity contribution in [1.29, 1.82) is 0 Å². The Bertz CT molecular complexity index is 1280. The number of nitrogens with zero attached hydrogens (tertiary/aromatic N) is 2. The largest absolute Gasteiger partial charge is 0.480 e. The van der Waals surface area contributed by atoms with Crippen molar-refractivity contribution in [3.63, 3.8) is 0 Å². The smallest absolute Gasteiger partial charge is 0.417 e. The molecule has 2 amide bonds. The van der Waals surface area contributed by atoms with Crippen LogP contribution in [0.25, 0.3) is 5.57 Å². The van der Waals surface area contributed by atoms with Crippen LogP contribution < -0.4 is 4.89 Å². The number of ether oxygens (including phenoxy) is 1. The Labute approximate surface area is 219 Å². The van der Waals surface area contributed by atoms with Crippen LogP contribution in [0.3, 0.4) is 0 Å². The maximum atomic E-state index is 14.0. The van der Waals surface area contributed by atoms with Crippen LogP contribution in [0.15, 0.2) is 52.8 Å². The molecule has 1 fully saturated rings. The first-order chi connectivity index (χ1) is 18.0. The number of carbonyl (C=O) groups excluding carboxylic acids is 2. The molecule has 0 bridgehead atoms. The lowest BCUT2D eigenvalue weighted by Crippen LogP contribution is -2.59. The van der Waals surface area contributed by atoms with E-state index in [1.807, 2.05) is 0 Å². The third-order valence-corrected chi connectivity index (χ3v) is 7.18. The monoisotopic (exact) mass is 552 g/mol. The first kappa shape index (κ1) is 27.3. The number of carboxylic acid groups (broad SMARTS) is 1. The molecule has 2 aliphatic rings. The van der Waals surface area contributed by atoms with E-state index in [1.54, 1.807) is 18.2 Å². The van der Waals surface area contributed by atoms with Crippen LogP contribution in [0.4, 0.5) is 18.0 Å². The van der Waals surface area contributed by atoms with E-state index in [0.29, 0.717) is 23.7 Å². The molecule has 1 unspecified atom stereocenters. The molecule has 1 N–H and O–H groups in total. The molecule has 0 spiro atoms. The van der Waals surface area contributed by atoms with Crippen molar-refractivity contribution < 1.29 is 47.2 Å². The number of piperazine rings is 1. The Balaban J connectivity index is 1.56. The van der Waals surface area contributed by atoms with Crippen LogP contribution in [-0.2, 0) is 31.8 Å². The molecule has 0 aliphatic carbocycles. The summed E-state index contributed by atoms with van der Waals surface area (Å²) >= 11 is 0.923. The third kappa shape index (κ3) is 5.73. The lowest BCUT2D eigenvalue weighted by Gasteiger charge is -2.38. The average molecular weight is 553 g/mol. The molecular formula is C25H23F3N2O7S. The molecule has 0 saturated carbocycles. The van der Waals surface area contributed by atoms with Crippen molar-refractivity contribution in [1.82, 2.24) is 9.80 Å². The Kier molecular flexibility index (Phi) is 7.88. The molecule has 0 aromatic heterocycles. The fraction of sp³-hybridized carbons (Fsp3) is 0.320. The zero-order chi connectivity index (χ0) is 27.6. The minimum absolute atomic E-state index is 0.0378. The summed E-state index contributed by atoms with van der Waals surface area (Å²) in [4.78, 5) is 49.2. The Morgan fingerprint density at radius 1 is 1.16 bits per heavy atom. The van der Waals surface area contributed by atoms with Gasteiger partial charge >= 0.3 is 18.2 Å². The van der Waals surface area contributed by atoms with Crippen molar-refractivity contribution in [2.24, 2.45) is 0 Å². The number of methoxy groups -OCH3 is 1. The lowest BCUT2D eigenvalue weighted by atomic mass is 10.0. The van der Waals surface area contributed by atoms with Gasteiger partial charge in [0.05, 0.1) is 25.8 Å².